The third kappa shape index (κ3) is 2.90. The van der Waals surface area contributed by atoms with Crippen LogP contribution in [0.15, 0.2) is 48.5 Å². The zero-order valence-corrected chi connectivity index (χ0v) is 10.5. The third-order valence-electron chi connectivity index (χ3n) is 3.03. The van der Waals surface area contributed by atoms with Gasteiger partial charge in [-0.1, -0.05) is 18.2 Å². The highest BCUT2D eigenvalue weighted by molar-refractivity contribution is 5.47. The summed E-state index contributed by atoms with van der Waals surface area (Å²) >= 11 is 0. The molecule has 0 aliphatic carbocycles. The summed E-state index contributed by atoms with van der Waals surface area (Å²) in [4.78, 5) is 0. The molecule has 0 aromatic heterocycles. The second-order valence-electron chi connectivity index (χ2n) is 4.61. The van der Waals surface area contributed by atoms with E-state index in [4.69, 9.17) is 0 Å². The minimum Gasteiger partial charge on any atom is -0.394 e. The fraction of sp³-hybridized carbons (Fsp3) is 0.200. The Labute approximate surface area is 110 Å². The highest BCUT2D eigenvalue weighted by Crippen LogP contribution is 2.28. The van der Waals surface area contributed by atoms with E-state index in [9.17, 15) is 13.9 Å². The van der Waals surface area contributed by atoms with Gasteiger partial charge >= 0.3 is 0 Å². The largest absolute Gasteiger partial charge is 0.394 e. The fourth-order valence-corrected chi connectivity index (χ4v) is 1.95. The zero-order chi connectivity index (χ0) is 13.9. The molecule has 0 saturated carbocycles. The summed E-state index contributed by atoms with van der Waals surface area (Å²) in [5.41, 5.74) is -0.269. The smallest absolute Gasteiger partial charge is 0.129 e. The number of para-hydroxylation sites is 1. The molecule has 0 spiro atoms. The van der Waals surface area contributed by atoms with E-state index >= 15 is 0 Å². The number of aliphatic hydroxyl groups excluding tert-OH is 1. The van der Waals surface area contributed by atoms with Crippen LogP contribution in [0.4, 0.5) is 14.5 Å². The van der Waals surface area contributed by atoms with Crippen molar-refractivity contribution < 1.29 is 13.9 Å². The van der Waals surface area contributed by atoms with Crippen molar-refractivity contribution in [3.05, 3.63) is 65.7 Å². The Bertz CT molecular complexity index is 559. The Kier molecular flexibility index (Phi) is 3.81. The average molecular weight is 263 g/mol. The lowest BCUT2D eigenvalue weighted by molar-refractivity contribution is 0.220. The first-order valence-corrected chi connectivity index (χ1v) is 5.95. The summed E-state index contributed by atoms with van der Waals surface area (Å²) in [7, 11) is 0. The molecule has 0 aliphatic rings. The lowest BCUT2D eigenvalue weighted by Crippen LogP contribution is -2.37. The van der Waals surface area contributed by atoms with Gasteiger partial charge < -0.3 is 10.4 Å². The van der Waals surface area contributed by atoms with Crippen LogP contribution >= 0.6 is 0 Å². The average Bonchev–Trinajstić information content (AvgIpc) is 2.42. The van der Waals surface area contributed by atoms with Crippen molar-refractivity contribution in [1.82, 2.24) is 0 Å². The van der Waals surface area contributed by atoms with Gasteiger partial charge in [-0.2, -0.15) is 0 Å². The van der Waals surface area contributed by atoms with Gasteiger partial charge in [0.2, 0.25) is 0 Å². The minimum atomic E-state index is -1.09. The molecule has 100 valence electrons. The van der Waals surface area contributed by atoms with Gasteiger partial charge in [0.25, 0.3) is 0 Å². The standard InChI is InChI=1S/C15H15F2NO/c1-15(10-19,18-12-5-3-2-4-6-12)13-9-11(16)7-8-14(13)17/h2-9,18-19H,10H2,1H3. The van der Waals surface area contributed by atoms with Crippen molar-refractivity contribution in [2.24, 2.45) is 0 Å². The van der Waals surface area contributed by atoms with E-state index in [1.807, 2.05) is 18.2 Å². The maximum Gasteiger partial charge on any atom is 0.129 e. The van der Waals surface area contributed by atoms with Gasteiger partial charge in [0.1, 0.15) is 11.6 Å². The Balaban J connectivity index is 2.39. The molecule has 0 bridgehead atoms. The minimum absolute atomic E-state index is 0.0962. The van der Waals surface area contributed by atoms with Crippen LogP contribution in [-0.4, -0.2) is 11.7 Å². The van der Waals surface area contributed by atoms with Crippen molar-refractivity contribution in [3.63, 3.8) is 0 Å². The van der Waals surface area contributed by atoms with E-state index in [-0.39, 0.29) is 12.2 Å². The molecule has 2 rings (SSSR count). The van der Waals surface area contributed by atoms with Gasteiger partial charge in [-0.15, -0.1) is 0 Å². The van der Waals surface area contributed by atoms with Gasteiger partial charge in [-0.05, 0) is 37.3 Å². The molecule has 19 heavy (non-hydrogen) atoms. The maximum absolute atomic E-state index is 13.8. The second kappa shape index (κ2) is 5.36. The molecule has 0 radical (unpaired) electrons. The first-order valence-electron chi connectivity index (χ1n) is 5.95. The summed E-state index contributed by atoms with van der Waals surface area (Å²) in [5, 5.41) is 12.6. The summed E-state index contributed by atoms with van der Waals surface area (Å²) < 4.78 is 27.1. The Morgan fingerprint density at radius 3 is 2.42 bits per heavy atom. The zero-order valence-electron chi connectivity index (χ0n) is 10.5. The van der Waals surface area contributed by atoms with Crippen molar-refractivity contribution in [1.29, 1.82) is 0 Å². The lowest BCUT2D eigenvalue weighted by Gasteiger charge is -2.31. The fourth-order valence-electron chi connectivity index (χ4n) is 1.95. The van der Waals surface area contributed by atoms with E-state index in [0.717, 1.165) is 23.9 Å². The molecule has 0 fully saturated rings. The van der Waals surface area contributed by atoms with E-state index in [0.29, 0.717) is 0 Å². The lowest BCUT2D eigenvalue weighted by atomic mass is 9.91. The van der Waals surface area contributed by atoms with Gasteiger partial charge in [0, 0.05) is 11.3 Å². The molecule has 4 heteroatoms. The van der Waals surface area contributed by atoms with Crippen LogP contribution in [-0.2, 0) is 5.54 Å². The summed E-state index contributed by atoms with van der Waals surface area (Å²) in [6.45, 7) is 1.26. The monoisotopic (exact) mass is 263 g/mol. The molecule has 1 atom stereocenters. The molecule has 2 nitrogen and oxygen atoms in total. The SMILES string of the molecule is CC(CO)(Nc1ccccc1)c1cc(F)ccc1F. The van der Waals surface area contributed by atoms with Crippen molar-refractivity contribution in [3.8, 4) is 0 Å². The molecular weight excluding hydrogens is 248 g/mol. The van der Waals surface area contributed by atoms with Gasteiger partial charge in [-0.3, -0.25) is 0 Å². The number of halogens is 2. The Morgan fingerprint density at radius 1 is 1.11 bits per heavy atom. The number of benzene rings is 2. The summed E-state index contributed by atoms with van der Waals surface area (Å²) in [6.07, 6.45) is 0. The summed E-state index contributed by atoms with van der Waals surface area (Å²) in [5.74, 6) is -1.09. The van der Waals surface area contributed by atoms with Crippen LogP contribution in [0.3, 0.4) is 0 Å². The molecule has 1 unspecified atom stereocenters. The molecule has 2 N–H and O–H groups in total. The maximum atomic E-state index is 13.8. The van der Waals surface area contributed by atoms with E-state index < -0.39 is 17.2 Å². The second-order valence-corrected chi connectivity index (χ2v) is 4.61. The van der Waals surface area contributed by atoms with Crippen LogP contribution in [0.1, 0.15) is 12.5 Å². The molecule has 0 saturated heterocycles. The predicted octanol–water partition coefficient (Wildman–Crippen LogP) is 3.28. The molecule has 2 aromatic carbocycles. The van der Waals surface area contributed by atoms with Crippen LogP contribution in [0, 0.1) is 11.6 Å². The third-order valence-corrected chi connectivity index (χ3v) is 3.03. The Morgan fingerprint density at radius 2 is 1.79 bits per heavy atom. The molecule has 2 aromatic rings. The topological polar surface area (TPSA) is 32.3 Å². The number of hydrogen-bond acceptors (Lipinski definition) is 2. The number of anilines is 1. The van der Waals surface area contributed by atoms with Crippen molar-refractivity contribution in [2.75, 3.05) is 11.9 Å². The highest BCUT2D eigenvalue weighted by Gasteiger charge is 2.29. The van der Waals surface area contributed by atoms with Crippen molar-refractivity contribution in [2.45, 2.75) is 12.5 Å². The number of hydrogen-bond donors (Lipinski definition) is 2. The molecule has 0 heterocycles. The number of nitrogens with one attached hydrogen (secondary N) is 1. The molecule has 0 amide bonds. The van der Waals surface area contributed by atoms with E-state index in [1.165, 1.54) is 0 Å². The number of aliphatic hydroxyl groups is 1. The molecular formula is C15H15F2NO. The summed E-state index contributed by atoms with van der Waals surface area (Å²) in [6, 6.07) is 12.3. The number of rotatable bonds is 4. The van der Waals surface area contributed by atoms with Crippen molar-refractivity contribution >= 4 is 5.69 Å². The first-order chi connectivity index (χ1) is 9.05. The van der Waals surface area contributed by atoms with E-state index in [1.54, 1.807) is 19.1 Å². The van der Waals surface area contributed by atoms with Gasteiger partial charge in [-0.25, -0.2) is 8.78 Å². The van der Waals surface area contributed by atoms with Gasteiger partial charge in [0.05, 0.1) is 12.1 Å². The Hall–Kier alpha value is -1.94. The normalized spacial score (nSPS) is 13.9. The first kappa shape index (κ1) is 13.5. The van der Waals surface area contributed by atoms with Gasteiger partial charge in [0.15, 0.2) is 0 Å². The van der Waals surface area contributed by atoms with Crippen LogP contribution in [0.2, 0.25) is 0 Å². The quantitative estimate of drug-likeness (QED) is 0.887. The predicted molar refractivity (Wildman–Crippen MR) is 70.9 cm³/mol. The van der Waals surface area contributed by atoms with Crippen LogP contribution in [0.25, 0.3) is 0 Å². The van der Waals surface area contributed by atoms with E-state index in [2.05, 4.69) is 5.32 Å². The van der Waals surface area contributed by atoms with Crippen LogP contribution < -0.4 is 5.32 Å². The molecule has 0 aliphatic heterocycles. The highest BCUT2D eigenvalue weighted by atomic mass is 19.1. The van der Waals surface area contributed by atoms with Crippen LogP contribution in [0.5, 0.6) is 0 Å².